The van der Waals surface area contributed by atoms with Gasteiger partial charge in [0.05, 0.1) is 10.7 Å². The zero-order valence-electron chi connectivity index (χ0n) is 11.2. The Labute approximate surface area is 133 Å². The van der Waals surface area contributed by atoms with Crippen molar-refractivity contribution in [1.29, 1.82) is 0 Å². The molecule has 0 aromatic heterocycles. The number of hydrogen-bond donors (Lipinski definition) is 1. The summed E-state index contributed by atoms with van der Waals surface area (Å²) in [6.45, 7) is 0. The topological polar surface area (TPSA) is 32.3 Å². The van der Waals surface area contributed by atoms with Gasteiger partial charge in [-0.15, -0.1) is 0 Å². The van der Waals surface area contributed by atoms with Gasteiger partial charge in [0.1, 0.15) is 6.17 Å². The Kier molecular flexibility index (Phi) is 4.04. The summed E-state index contributed by atoms with van der Waals surface area (Å²) in [6, 6.07) is 14.9. The smallest absolute Gasteiger partial charge is 0.228 e. The number of anilines is 2. The SMILES string of the molecule is O=C1CCC(Nc2ccc(Cl)cc2Cl)N1c1ccccc1. The highest BCUT2D eigenvalue weighted by atomic mass is 35.5. The van der Waals surface area contributed by atoms with Crippen molar-refractivity contribution in [1.82, 2.24) is 0 Å². The van der Waals surface area contributed by atoms with Gasteiger partial charge in [-0.05, 0) is 36.8 Å². The molecule has 1 aliphatic heterocycles. The van der Waals surface area contributed by atoms with Crippen molar-refractivity contribution in [3.05, 3.63) is 58.6 Å². The second-order valence-corrected chi connectivity index (χ2v) is 5.77. The molecule has 21 heavy (non-hydrogen) atoms. The lowest BCUT2D eigenvalue weighted by Gasteiger charge is -2.27. The first-order chi connectivity index (χ1) is 10.1. The van der Waals surface area contributed by atoms with Crippen LogP contribution in [-0.4, -0.2) is 12.1 Å². The number of nitrogens with one attached hydrogen (secondary N) is 1. The van der Waals surface area contributed by atoms with E-state index in [1.54, 1.807) is 17.0 Å². The van der Waals surface area contributed by atoms with Crippen molar-refractivity contribution in [3.8, 4) is 0 Å². The van der Waals surface area contributed by atoms with E-state index in [1.807, 2.05) is 36.4 Å². The van der Waals surface area contributed by atoms with E-state index in [0.29, 0.717) is 16.5 Å². The number of halogens is 2. The largest absolute Gasteiger partial charge is 0.364 e. The van der Waals surface area contributed by atoms with Crippen LogP contribution in [0.2, 0.25) is 10.0 Å². The van der Waals surface area contributed by atoms with E-state index < -0.39 is 0 Å². The maximum atomic E-state index is 12.1. The average Bonchev–Trinajstić information content (AvgIpc) is 2.84. The third-order valence-corrected chi connectivity index (χ3v) is 4.05. The molecule has 1 aliphatic rings. The minimum atomic E-state index is -0.0985. The molecule has 3 rings (SSSR count). The summed E-state index contributed by atoms with van der Waals surface area (Å²) in [5.74, 6) is 0.115. The van der Waals surface area contributed by atoms with Crippen LogP contribution in [0.4, 0.5) is 11.4 Å². The fourth-order valence-electron chi connectivity index (χ4n) is 2.52. The van der Waals surface area contributed by atoms with Gasteiger partial charge in [0.15, 0.2) is 0 Å². The van der Waals surface area contributed by atoms with Crippen LogP contribution in [0.25, 0.3) is 0 Å². The number of nitrogens with zero attached hydrogens (tertiary/aromatic N) is 1. The van der Waals surface area contributed by atoms with Gasteiger partial charge in [-0.3, -0.25) is 9.69 Å². The van der Waals surface area contributed by atoms with Crippen molar-refractivity contribution in [2.45, 2.75) is 19.0 Å². The molecule has 1 saturated heterocycles. The van der Waals surface area contributed by atoms with Gasteiger partial charge in [0, 0.05) is 17.1 Å². The highest BCUT2D eigenvalue weighted by Gasteiger charge is 2.32. The van der Waals surface area contributed by atoms with Gasteiger partial charge in [0.25, 0.3) is 0 Å². The third kappa shape index (κ3) is 2.99. The fourth-order valence-corrected chi connectivity index (χ4v) is 2.98. The molecule has 0 saturated carbocycles. The molecule has 0 spiro atoms. The molecule has 2 aromatic rings. The molecule has 108 valence electrons. The van der Waals surface area contributed by atoms with Crippen molar-refractivity contribution in [2.75, 3.05) is 10.2 Å². The lowest BCUT2D eigenvalue weighted by Crippen LogP contribution is -2.38. The summed E-state index contributed by atoms with van der Waals surface area (Å²) in [4.78, 5) is 13.9. The highest BCUT2D eigenvalue weighted by Crippen LogP contribution is 2.31. The monoisotopic (exact) mass is 320 g/mol. The predicted octanol–water partition coefficient (Wildman–Crippen LogP) is 4.56. The summed E-state index contributed by atoms with van der Waals surface area (Å²) >= 11 is 12.1. The Morgan fingerprint density at radius 1 is 1.10 bits per heavy atom. The number of amides is 1. The normalized spacial score (nSPS) is 18.1. The van der Waals surface area contributed by atoms with E-state index in [0.717, 1.165) is 17.8 Å². The van der Waals surface area contributed by atoms with Gasteiger partial charge < -0.3 is 5.32 Å². The molecule has 1 amide bonds. The van der Waals surface area contributed by atoms with E-state index in [2.05, 4.69) is 5.32 Å². The van der Waals surface area contributed by atoms with Crippen LogP contribution in [0.5, 0.6) is 0 Å². The van der Waals surface area contributed by atoms with E-state index in [9.17, 15) is 4.79 Å². The van der Waals surface area contributed by atoms with Crippen molar-refractivity contribution in [2.24, 2.45) is 0 Å². The van der Waals surface area contributed by atoms with Crippen LogP contribution in [-0.2, 0) is 4.79 Å². The second kappa shape index (κ2) is 5.96. The maximum absolute atomic E-state index is 12.1. The zero-order chi connectivity index (χ0) is 14.8. The van der Waals surface area contributed by atoms with Crippen LogP contribution < -0.4 is 10.2 Å². The average molecular weight is 321 g/mol. The minimum Gasteiger partial charge on any atom is -0.364 e. The lowest BCUT2D eigenvalue weighted by molar-refractivity contribution is -0.117. The first-order valence-corrected chi connectivity index (χ1v) is 7.49. The van der Waals surface area contributed by atoms with Crippen LogP contribution in [0.1, 0.15) is 12.8 Å². The number of benzene rings is 2. The molecule has 0 bridgehead atoms. The quantitative estimate of drug-likeness (QED) is 0.899. The number of hydrogen-bond acceptors (Lipinski definition) is 2. The summed E-state index contributed by atoms with van der Waals surface area (Å²) in [5.41, 5.74) is 1.67. The number of carbonyl (C=O) groups is 1. The van der Waals surface area contributed by atoms with Crippen molar-refractivity contribution in [3.63, 3.8) is 0 Å². The molecular formula is C16H14Cl2N2O. The molecule has 1 atom stereocenters. The minimum absolute atomic E-state index is 0.0985. The second-order valence-electron chi connectivity index (χ2n) is 4.92. The van der Waals surface area contributed by atoms with Crippen LogP contribution in [0.15, 0.2) is 48.5 Å². The molecule has 2 aromatic carbocycles. The van der Waals surface area contributed by atoms with Crippen LogP contribution in [0, 0.1) is 0 Å². The lowest BCUT2D eigenvalue weighted by atomic mass is 10.2. The van der Waals surface area contributed by atoms with Gasteiger partial charge in [-0.25, -0.2) is 0 Å². The molecule has 1 unspecified atom stereocenters. The summed E-state index contributed by atoms with van der Waals surface area (Å²) < 4.78 is 0. The summed E-state index contributed by atoms with van der Waals surface area (Å²) in [5, 5.41) is 4.47. The van der Waals surface area contributed by atoms with E-state index in [1.165, 1.54) is 0 Å². The van der Waals surface area contributed by atoms with Gasteiger partial charge in [-0.1, -0.05) is 41.4 Å². The first kappa shape index (κ1) is 14.2. The molecule has 0 radical (unpaired) electrons. The van der Waals surface area contributed by atoms with Crippen molar-refractivity contribution >= 4 is 40.5 Å². The standard InChI is InChI=1S/C16H14Cl2N2O/c17-11-6-7-14(13(18)10-11)19-15-8-9-16(21)20(15)12-4-2-1-3-5-12/h1-7,10,15,19H,8-9H2. The molecule has 1 N–H and O–H groups in total. The van der Waals surface area contributed by atoms with Crippen molar-refractivity contribution < 1.29 is 4.79 Å². The number of rotatable bonds is 3. The zero-order valence-corrected chi connectivity index (χ0v) is 12.7. The van der Waals surface area contributed by atoms with Crippen LogP contribution in [0.3, 0.4) is 0 Å². The Balaban J connectivity index is 1.86. The van der Waals surface area contributed by atoms with E-state index in [4.69, 9.17) is 23.2 Å². The first-order valence-electron chi connectivity index (χ1n) is 6.74. The molecule has 3 nitrogen and oxygen atoms in total. The Morgan fingerprint density at radius 3 is 2.57 bits per heavy atom. The Hall–Kier alpha value is -1.71. The van der Waals surface area contributed by atoms with Gasteiger partial charge in [-0.2, -0.15) is 0 Å². The molecule has 1 heterocycles. The van der Waals surface area contributed by atoms with Crippen LogP contribution >= 0.6 is 23.2 Å². The number of carbonyl (C=O) groups excluding carboxylic acids is 1. The third-order valence-electron chi connectivity index (χ3n) is 3.50. The number of para-hydroxylation sites is 1. The van der Waals surface area contributed by atoms with E-state index >= 15 is 0 Å². The Bertz CT molecular complexity index is 661. The predicted molar refractivity (Wildman–Crippen MR) is 87.0 cm³/mol. The molecular weight excluding hydrogens is 307 g/mol. The van der Waals surface area contributed by atoms with Gasteiger partial charge in [0.2, 0.25) is 5.91 Å². The maximum Gasteiger partial charge on any atom is 0.228 e. The summed E-state index contributed by atoms with van der Waals surface area (Å²) in [6.07, 6.45) is 1.17. The van der Waals surface area contributed by atoms with Gasteiger partial charge >= 0.3 is 0 Å². The molecule has 0 aliphatic carbocycles. The highest BCUT2D eigenvalue weighted by molar-refractivity contribution is 6.36. The Morgan fingerprint density at radius 2 is 1.86 bits per heavy atom. The summed E-state index contributed by atoms with van der Waals surface area (Å²) in [7, 11) is 0. The molecule has 5 heteroatoms. The van der Waals surface area contributed by atoms with E-state index in [-0.39, 0.29) is 12.1 Å². The molecule has 1 fully saturated rings. The fraction of sp³-hybridized carbons (Fsp3) is 0.188.